The van der Waals surface area contributed by atoms with Gasteiger partial charge in [0.2, 0.25) is 0 Å². The van der Waals surface area contributed by atoms with E-state index in [1.807, 2.05) is 4.90 Å². The van der Waals surface area contributed by atoms with Crippen molar-refractivity contribution in [3.8, 4) is 0 Å². The third-order valence-corrected chi connectivity index (χ3v) is 6.91. The van der Waals surface area contributed by atoms with Crippen LogP contribution in [0.2, 0.25) is 0 Å². The Balaban J connectivity index is 1.38. The molecule has 2 aromatic carbocycles. The highest BCUT2D eigenvalue weighted by atomic mass is 16.5. The summed E-state index contributed by atoms with van der Waals surface area (Å²) in [5.41, 5.74) is 2.71. The van der Waals surface area contributed by atoms with E-state index in [-0.39, 0.29) is 12.0 Å². The number of piperazine rings is 2. The van der Waals surface area contributed by atoms with Crippen molar-refractivity contribution in [2.45, 2.75) is 36.9 Å². The Morgan fingerprint density at radius 2 is 1.67 bits per heavy atom. The van der Waals surface area contributed by atoms with Crippen molar-refractivity contribution in [2.24, 2.45) is 0 Å². The van der Waals surface area contributed by atoms with Gasteiger partial charge in [0.05, 0.1) is 0 Å². The molecule has 5 nitrogen and oxygen atoms in total. The Morgan fingerprint density at radius 1 is 0.967 bits per heavy atom. The monoisotopic (exact) mass is 405 g/mol. The molecule has 3 aliphatic heterocycles. The Bertz CT molecular complexity index is 798. The van der Waals surface area contributed by atoms with Crippen LogP contribution in [0.15, 0.2) is 60.7 Å². The highest BCUT2D eigenvalue weighted by molar-refractivity contribution is 5.81. The fraction of sp³-hybridized carbons (Fsp3) is 0.480. The van der Waals surface area contributed by atoms with Crippen molar-refractivity contribution in [2.75, 3.05) is 39.3 Å². The number of carbonyl (C=O) groups is 1. The standard InChI is InChI=1S/C25H31N3O2/c29-25(23-12-7-15-30-23)27-13-14-28-21(18-27)16-26-17-22(28)24(19-8-3-1-4-9-19)20-10-5-2-6-11-20/h1-6,8-11,21-24,26H,7,12-18H2/t21-,22+,23+/m1/s1. The van der Waals surface area contributed by atoms with Crippen molar-refractivity contribution in [3.05, 3.63) is 71.8 Å². The predicted molar refractivity (Wildman–Crippen MR) is 117 cm³/mol. The lowest BCUT2D eigenvalue weighted by atomic mass is 9.82. The first kappa shape index (κ1) is 19.7. The smallest absolute Gasteiger partial charge is 0.251 e. The highest BCUT2D eigenvalue weighted by Gasteiger charge is 2.41. The summed E-state index contributed by atoms with van der Waals surface area (Å²) in [6, 6.07) is 22.4. The van der Waals surface area contributed by atoms with Gasteiger partial charge in [-0.1, -0.05) is 60.7 Å². The first-order chi connectivity index (χ1) is 14.8. The molecule has 5 rings (SSSR count). The molecule has 3 atom stereocenters. The van der Waals surface area contributed by atoms with Gasteiger partial charge in [-0.25, -0.2) is 0 Å². The van der Waals surface area contributed by atoms with Crippen LogP contribution in [0.25, 0.3) is 0 Å². The van der Waals surface area contributed by atoms with E-state index >= 15 is 0 Å². The van der Waals surface area contributed by atoms with Gasteiger partial charge in [0.25, 0.3) is 5.91 Å². The first-order valence-corrected chi connectivity index (χ1v) is 11.3. The van der Waals surface area contributed by atoms with E-state index in [1.54, 1.807) is 0 Å². The molecule has 1 N–H and O–H groups in total. The van der Waals surface area contributed by atoms with Gasteiger partial charge in [-0.15, -0.1) is 0 Å². The molecular weight excluding hydrogens is 374 g/mol. The Kier molecular flexibility index (Phi) is 5.84. The third-order valence-electron chi connectivity index (χ3n) is 6.91. The number of ether oxygens (including phenoxy) is 1. The molecule has 0 radical (unpaired) electrons. The lowest BCUT2D eigenvalue weighted by molar-refractivity contribution is -0.145. The van der Waals surface area contributed by atoms with Crippen LogP contribution in [0.5, 0.6) is 0 Å². The second-order valence-electron chi connectivity index (χ2n) is 8.70. The minimum absolute atomic E-state index is 0.192. The van der Waals surface area contributed by atoms with E-state index < -0.39 is 0 Å². The maximum absolute atomic E-state index is 12.9. The van der Waals surface area contributed by atoms with Gasteiger partial charge < -0.3 is 15.0 Å². The Hall–Kier alpha value is -2.21. The second kappa shape index (κ2) is 8.88. The van der Waals surface area contributed by atoms with Gasteiger partial charge in [0, 0.05) is 57.3 Å². The molecule has 30 heavy (non-hydrogen) atoms. The molecule has 0 aromatic heterocycles. The number of benzene rings is 2. The molecule has 3 aliphatic rings. The van der Waals surface area contributed by atoms with E-state index in [1.165, 1.54) is 11.1 Å². The van der Waals surface area contributed by atoms with Crippen molar-refractivity contribution < 1.29 is 9.53 Å². The number of nitrogens with one attached hydrogen (secondary N) is 1. The molecule has 2 aromatic rings. The quantitative estimate of drug-likeness (QED) is 0.849. The zero-order chi connectivity index (χ0) is 20.3. The summed E-state index contributed by atoms with van der Waals surface area (Å²) < 4.78 is 5.66. The fourth-order valence-electron chi connectivity index (χ4n) is 5.45. The lowest BCUT2D eigenvalue weighted by Gasteiger charge is -2.51. The van der Waals surface area contributed by atoms with Crippen molar-refractivity contribution in [1.29, 1.82) is 0 Å². The van der Waals surface area contributed by atoms with E-state index in [9.17, 15) is 4.79 Å². The van der Waals surface area contributed by atoms with Crippen LogP contribution in [0, 0.1) is 0 Å². The van der Waals surface area contributed by atoms with Crippen molar-refractivity contribution in [1.82, 2.24) is 15.1 Å². The molecule has 0 bridgehead atoms. The molecule has 0 aliphatic carbocycles. The molecule has 3 heterocycles. The molecule has 0 spiro atoms. The summed E-state index contributed by atoms with van der Waals surface area (Å²) >= 11 is 0. The van der Waals surface area contributed by atoms with Gasteiger partial charge in [-0.05, 0) is 24.0 Å². The fourth-order valence-corrected chi connectivity index (χ4v) is 5.45. The number of hydrogen-bond acceptors (Lipinski definition) is 4. The first-order valence-electron chi connectivity index (χ1n) is 11.3. The summed E-state index contributed by atoms with van der Waals surface area (Å²) in [5.74, 6) is 0.500. The number of rotatable bonds is 4. The molecular formula is C25H31N3O2. The van der Waals surface area contributed by atoms with E-state index in [0.29, 0.717) is 18.0 Å². The van der Waals surface area contributed by atoms with Crippen LogP contribution in [0.4, 0.5) is 0 Å². The number of carbonyl (C=O) groups excluding carboxylic acids is 1. The zero-order valence-corrected chi connectivity index (χ0v) is 17.5. The SMILES string of the molecule is O=C([C@@H]1CCCO1)N1CCN2[C@H](CNC[C@H]2C(c2ccccc2)c2ccccc2)C1. The van der Waals surface area contributed by atoms with Crippen LogP contribution < -0.4 is 5.32 Å². The van der Waals surface area contributed by atoms with Gasteiger partial charge in [0.15, 0.2) is 0 Å². The van der Waals surface area contributed by atoms with Gasteiger partial charge in [-0.3, -0.25) is 9.69 Å². The Labute approximate surface area is 179 Å². The van der Waals surface area contributed by atoms with Crippen LogP contribution in [-0.2, 0) is 9.53 Å². The summed E-state index contributed by atoms with van der Waals surface area (Å²) in [6.45, 7) is 5.12. The van der Waals surface area contributed by atoms with Crippen LogP contribution in [0.1, 0.15) is 29.9 Å². The molecule has 5 heteroatoms. The number of nitrogens with zero attached hydrogens (tertiary/aromatic N) is 2. The summed E-state index contributed by atoms with van der Waals surface area (Å²) in [4.78, 5) is 17.6. The molecule has 1 amide bonds. The average Bonchev–Trinajstić information content (AvgIpc) is 3.35. The molecule has 0 unspecified atom stereocenters. The van der Waals surface area contributed by atoms with E-state index in [0.717, 1.165) is 52.2 Å². The minimum Gasteiger partial charge on any atom is -0.368 e. The Morgan fingerprint density at radius 3 is 2.30 bits per heavy atom. The number of amides is 1. The largest absolute Gasteiger partial charge is 0.368 e. The van der Waals surface area contributed by atoms with Crippen molar-refractivity contribution >= 4 is 5.91 Å². The summed E-state index contributed by atoms with van der Waals surface area (Å²) in [7, 11) is 0. The lowest BCUT2D eigenvalue weighted by Crippen LogP contribution is -2.67. The molecule has 3 saturated heterocycles. The average molecular weight is 406 g/mol. The maximum Gasteiger partial charge on any atom is 0.251 e. The van der Waals surface area contributed by atoms with Gasteiger partial charge in [-0.2, -0.15) is 0 Å². The topological polar surface area (TPSA) is 44.8 Å². The van der Waals surface area contributed by atoms with E-state index in [2.05, 4.69) is 70.9 Å². The molecule has 158 valence electrons. The summed E-state index contributed by atoms with van der Waals surface area (Å²) in [5, 5.41) is 3.67. The van der Waals surface area contributed by atoms with Gasteiger partial charge >= 0.3 is 0 Å². The van der Waals surface area contributed by atoms with E-state index in [4.69, 9.17) is 4.74 Å². The highest BCUT2D eigenvalue weighted by Crippen LogP contribution is 2.34. The van der Waals surface area contributed by atoms with Crippen LogP contribution >= 0.6 is 0 Å². The zero-order valence-electron chi connectivity index (χ0n) is 17.5. The van der Waals surface area contributed by atoms with Crippen LogP contribution in [0.3, 0.4) is 0 Å². The molecule has 0 saturated carbocycles. The number of fused-ring (bicyclic) bond motifs is 1. The molecule has 3 fully saturated rings. The van der Waals surface area contributed by atoms with Crippen LogP contribution in [-0.4, -0.2) is 73.2 Å². The number of hydrogen-bond donors (Lipinski definition) is 1. The predicted octanol–water partition coefficient (Wildman–Crippen LogP) is 2.48. The third kappa shape index (κ3) is 3.89. The normalized spacial score (nSPS) is 27.2. The minimum atomic E-state index is -0.217. The summed E-state index contributed by atoms with van der Waals surface area (Å²) in [6.07, 6.45) is 1.65. The maximum atomic E-state index is 12.9. The van der Waals surface area contributed by atoms with Crippen molar-refractivity contribution in [3.63, 3.8) is 0 Å². The van der Waals surface area contributed by atoms with Gasteiger partial charge in [0.1, 0.15) is 6.10 Å². The second-order valence-corrected chi connectivity index (χ2v) is 8.70.